The van der Waals surface area contributed by atoms with Crippen LogP contribution in [0.15, 0.2) is 48.3 Å². The van der Waals surface area contributed by atoms with Gasteiger partial charge in [-0.05, 0) is 35.9 Å². The van der Waals surface area contributed by atoms with Crippen molar-refractivity contribution >= 4 is 40.9 Å². The molecule has 0 radical (unpaired) electrons. The zero-order valence-corrected chi connectivity index (χ0v) is 12.2. The zero-order valence-electron chi connectivity index (χ0n) is 10.7. The van der Waals surface area contributed by atoms with Crippen molar-refractivity contribution in [1.29, 1.82) is 5.26 Å². The molecule has 1 N–H and O–H groups in total. The minimum absolute atomic E-state index is 0.0666. The summed E-state index contributed by atoms with van der Waals surface area (Å²) in [4.78, 5) is 15.9. The first-order valence-corrected chi connectivity index (χ1v) is 6.64. The first kappa shape index (κ1) is 15.0. The van der Waals surface area contributed by atoms with E-state index < -0.39 is 5.91 Å². The molecule has 1 heterocycles. The number of pyridine rings is 1. The second-order valence-electron chi connectivity index (χ2n) is 4.03. The summed E-state index contributed by atoms with van der Waals surface area (Å²) in [5, 5.41) is 12.5. The Morgan fingerprint density at radius 3 is 2.76 bits per heavy atom. The summed E-state index contributed by atoms with van der Waals surface area (Å²) in [6.07, 6.45) is 4.48. The molecule has 0 atom stereocenters. The van der Waals surface area contributed by atoms with Crippen LogP contribution in [0.5, 0.6) is 0 Å². The van der Waals surface area contributed by atoms with Gasteiger partial charge in [0.1, 0.15) is 11.6 Å². The van der Waals surface area contributed by atoms with Crippen molar-refractivity contribution in [2.45, 2.75) is 0 Å². The summed E-state index contributed by atoms with van der Waals surface area (Å²) in [6, 6.07) is 10.0. The van der Waals surface area contributed by atoms with Gasteiger partial charge in [0.25, 0.3) is 5.91 Å². The van der Waals surface area contributed by atoms with Gasteiger partial charge in [-0.1, -0.05) is 29.3 Å². The lowest BCUT2D eigenvalue weighted by atomic mass is 10.1. The quantitative estimate of drug-likeness (QED) is 0.689. The number of nitriles is 1. The Bertz CT molecular complexity index is 736. The van der Waals surface area contributed by atoms with E-state index in [2.05, 4.69) is 10.3 Å². The Morgan fingerprint density at radius 1 is 1.33 bits per heavy atom. The van der Waals surface area contributed by atoms with Crippen LogP contribution in [0.25, 0.3) is 6.08 Å². The molecule has 0 aliphatic rings. The number of rotatable bonds is 3. The third-order valence-corrected chi connectivity index (χ3v) is 3.11. The van der Waals surface area contributed by atoms with Crippen LogP contribution in [-0.4, -0.2) is 10.9 Å². The van der Waals surface area contributed by atoms with Crippen molar-refractivity contribution in [3.63, 3.8) is 0 Å². The summed E-state index contributed by atoms with van der Waals surface area (Å²) < 4.78 is 0. The Labute approximate surface area is 131 Å². The monoisotopic (exact) mass is 317 g/mol. The van der Waals surface area contributed by atoms with Crippen molar-refractivity contribution in [1.82, 2.24) is 4.98 Å². The molecule has 1 amide bonds. The number of hydrogen-bond acceptors (Lipinski definition) is 3. The molecule has 0 bridgehead atoms. The number of amides is 1. The van der Waals surface area contributed by atoms with Crippen LogP contribution < -0.4 is 5.32 Å². The van der Waals surface area contributed by atoms with Crippen LogP contribution in [0.4, 0.5) is 5.69 Å². The molecule has 4 nitrogen and oxygen atoms in total. The Kier molecular flexibility index (Phi) is 4.94. The van der Waals surface area contributed by atoms with Crippen LogP contribution in [0, 0.1) is 11.3 Å². The molecule has 2 aromatic rings. The average molecular weight is 318 g/mol. The molecule has 0 unspecified atom stereocenters. The minimum atomic E-state index is -0.531. The number of anilines is 1. The molecule has 2 rings (SSSR count). The Hall–Kier alpha value is -2.35. The highest BCUT2D eigenvalue weighted by atomic mass is 35.5. The highest BCUT2D eigenvalue weighted by Crippen LogP contribution is 2.23. The molecule has 1 aromatic heterocycles. The predicted octanol–water partition coefficient (Wildman–Crippen LogP) is 3.93. The van der Waals surface area contributed by atoms with E-state index in [1.165, 1.54) is 12.3 Å². The zero-order chi connectivity index (χ0) is 15.2. The Morgan fingerprint density at radius 2 is 2.14 bits per heavy atom. The number of nitrogens with zero attached hydrogens (tertiary/aromatic N) is 2. The molecular formula is C15H9Cl2N3O. The summed E-state index contributed by atoms with van der Waals surface area (Å²) in [7, 11) is 0. The van der Waals surface area contributed by atoms with E-state index in [4.69, 9.17) is 28.5 Å². The van der Waals surface area contributed by atoms with Crippen LogP contribution in [-0.2, 0) is 4.79 Å². The molecule has 0 saturated carbocycles. The molecule has 104 valence electrons. The average Bonchev–Trinajstić information content (AvgIpc) is 2.47. The van der Waals surface area contributed by atoms with E-state index in [-0.39, 0.29) is 5.57 Å². The number of aromatic nitrogens is 1. The summed E-state index contributed by atoms with van der Waals surface area (Å²) in [5.74, 6) is -0.531. The smallest absolute Gasteiger partial charge is 0.266 e. The molecular weight excluding hydrogens is 309 g/mol. The van der Waals surface area contributed by atoms with E-state index in [1.54, 1.807) is 36.5 Å². The molecule has 0 spiro atoms. The Balaban J connectivity index is 2.25. The van der Waals surface area contributed by atoms with E-state index in [0.717, 1.165) is 0 Å². The normalized spacial score (nSPS) is 10.8. The molecule has 0 aliphatic carbocycles. The van der Waals surface area contributed by atoms with Gasteiger partial charge in [0.2, 0.25) is 0 Å². The van der Waals surface area contributed by atoms with Crippen molar-refractivity contribution in [2.24, 2.45) is 0 Å². The summed E-state index contributed by atoms with van der Waals surface area (Å²) in [5.41, 5.74) is 0.980. The number of nitrogens with one attached hydrogen (secondary N) is 1. The second-order valence-corrected chi connectivity index (χ2v) is 4.88. The molecule has 0 fully saturated rings. The molecule has 21 heavy (non-hydrogen) atoms. The largest absolute Gasteiger partial charge is 0.320 e. The third kappa shape index (κ3) is 4.06. The maximum absolute atomic E-state index is 12.0. The fourth-order valence-corrected chi connectivity index (χ4v) is 2.02. The summed E-state index contributed by atoms with van der Waals surface area (Å²) in [6.45, 7) is 0. The lowest BCUT2D eigenvalue weighted by Gasteiger charge is -2.04. The van der Waals surface area contributed by atoms with Crippen LogP contribution >= 0.6 is 23.2 Å². The molecule has 6 heteroatoms. The first-order valence-electron chi connectivity index (χ1n) is 5.88. The number of hydrogen-bond donors (Lipinski definition) is 1. The standard InChI is InChI=1S/C15H9Cl2N3O/c16-12-4-3-10(14(17)7-12)6-11(8-18)15(21)20-13-2-1-5-19-9-13/h1-7,9H,(H,20,21)/b11-6+. The van der Waals surface area contributed by atoms with E-state index in [9.17, 15) is 4.79 Å². The van der Waals surface area contributed by atoms with E-state index >= 15 is 0 Å². The molecule has 0 aliphatic heterocycles. The lowest BCUT2D eigenvalue weighted by molar-refractivity contribution is -0.112. The van der Waals surface area contributed by atoms with Crippen LogP contribution in [0.2, 0.25) is 10.0 Å². The maximum Gasteiger partial charge on any atom is 0.266 e. The van der Waals surface area contributed by atoms with Crippen molar-refractivity contribution in [3.05, 3.63) is 63.9 Å². The highest BCUT2D eigenvalue weighted by Gasteiger charge is 2.10. The van der Waals surface area contributed by atoms with Crippen molar-refractivity contribution < 1.29 is 4.79 Å². The van der Waals surface area contributed by atoms with Crippen LogP contribution in [0.3, 0.4) is 0 Å². The fourth-order valence-electron chi connectivity index (χ4n) is 1.56. The maximum atomic E-state index is 12.0. The number of carbonyl (C=O) groups excluding carboxylic acids is 1. The molecule has 0 saturated heterocycles. The van der Waals surface area contributed by atoms with Crippen LogP contribution in [0.1, 0.15) is 5.56 Å². The van der Waals surface area contributed by atoms with Crippen molar-refractivity contribution in [3.8, 4) is 6.07 Å². The second kappa shape index (κ2) is 6.89. The third-order valence-electron chi connectivity index (χ3n) is 2.55. The number of halogens is 2. The van der Waals surface area contributed by atoms with E-state index in [1.807, 2.05) is 6.07 Å². The van der Waals surface area contributed by atoms with Gasteiger partial charge in [0.15, 0.2) is 0 Å². The van der Waals surface area contributed by atoms with Gasteiger partial charge in [-0.15, -0.1) is 0 Å². The van der Waals surface area contributed by atoms with Crippen molar-refractivity contribution in [2.75, 3.05) is 5.32 Å². The lowest BCUT2D eigenvalue weighted by Crippen LogP contribution is -2.13. The van der Waals surface area contributed by atoms with Gasteiger partial charge in [0, 0.05) is 16.2 Å². The van der Waals surface area contributed by atoms with Gasteiger partial charge < -0.3 is 5.32 Å². The van der Waals surface area contributed by atoms with Gasteiger partial charge in [-0.25, -0.2) is 0 Å². The van der Waals surface area contributed by atoms with Gasteiger partial charge in [-0.3, -0.25) is 9.78 Å². The van der Waals surface area contributed by atoms with Gasteiger partial charge in [-0.2, -0.15) is 5.26 Å². The van der Waals surface area contributed by atoms with Gasteiger partial charge >= 0.3 is 0 Å². The topological polar surface area (TPSA) is 65.8 Å². The van der Waals surface area contributed by atoms with Gasteiger partial charge in [0.05, 0.1) is 11.9 Å². The first-order chi connectivity index (χ1) is 10.1. The minimum Gasteiger partial charge on any atom is -0.320 e. The fraction of sp³-hybridized carbons (Fsp3) is 0. The molecule has 1 aromatic carbocycles. The van der Waals surface area contributed by atoms with E-state index in [0.29, 0.717) is 21.3 Å². The predicted molar refractivity (Wildman–Crippen MR) is 82.9 cm³/mol. The SMILES string of the molecule is N#C/C(=C\c1ccc(Cl)cc1Cl)C(=O)Nc1cccnc1. The number of carbonyl (C=O) groups is 1. The number of benzene rings is 1. The highest BCUT2D eigenvalue weighted by molar-refractivity contribution is 6.35. The summed E-state index contributed by atoms with van der Waals surface area (Å²) >= 11 is 11.8.